The van der Waals surface area contributed by atoms with Gasteiger partial charge >= 0.3 is 11.9 Å². The van der Waals surface area contributed by atoms with Crippen molar-refractivity contribution in [2.75, 3.05) is 6.61 Å². The highest BCUT2D eigenvalue weighted by Gasteiger charge is 2.60. The van der Waals surface area contributed by atoms with Crippen molar-refractivity contribution in [2.24, 2.45) is 16.7 Å². The van der Waals surface area contributed by atoms with Gasteiger partial charge in [-0.15, -0.1) is 0 Å². The Hall–Kier alpha value is -2.17. The van der Waals surface area contributed by atoms with Crippen molar-refractivity contribution in [3.05, 3.63) is 35.9 Å². The average Bonchev–Trinajstić information content (AvgIpc) is 2.79. The van der Waals surface area contributed by atoms with Crippen molar-refractivity contribution in [1.82, 2.24) is 0 Å². The summed E-state index contributed by atoms with van der Waals surface area (Å²) in [6.07, 6.45) is 1.74. The molecule has 1 aliphatic rings. The fourth-order valence-electron chi connectivity index (χ4n) is 3.17. The van der Waals surface area contributed by atoms with E-state index in [-0.39, 0.29) is 12.5 Å². The van der Waals surface area contributed by atoms with E-state index < -0.39 is 22.8 Å². The first-order chi connectivity index (χ1) is 10.3. The fourth-order valence-corrected chi connectivity index (χ4v) is 3.17. The predicted octanol–water partition coefficient (Wildman–Crippen LogP) is 2.55. The molecule has 0 radical (unpaired) electrons. The van der Waals surface area contributed by atoms with E-state index in [0.29, 0.717) is 18.4 Å². The van der Waals surface area contributed by atoms with Gasteiger partial charge in [-0.25, -0.2) is 4.79 Å². The number of esters is 1. The highest BCUT2D eigenvalue weighted by Crippen LogP contribution is 2.55. The lowest BCUT2D eigenvalue weighted by molar-refractivity contribution is -0.160. The van der Waals surface area contributed by atoms with Crippen molar-refractivity contribution < 1.29 is 24.2 Å². The van der Waals surface area contributed by atoms with Gasteiger partial charge < -0.3 is 14.6 Å². The van der Waals surface area contributed by atoms with E-state index in [2.05, 4.69) is 0 Å². The zero-order valence-corrected chi connectivity index (χ0v) is 12.7. The molecule has 0 aromatic heterocycles. The first-order valence-electron chi connectivity index (χ1n) is 7.27. The van der Waals surface area contributed by atoms with Gasteiger partial charge in [0, 0.05) is 11.3 Å². The number of aliphatic carboxylic acids is 1. The van der Waals surface area contributed by atoms with Crippen LogP contribution in [0.4, 0.5) is 0 Å². The number of aldehydes is 1. The molecule has 1 aromatic carbocycles. The molecule has 0 heterocycles. The molecule has 1 aromatic rings. The minimum Gasteiger partial charge on any atom is -0.481 e. The SMILES string of the molecule is C[C@@]1(C=O)CC[C@H](COC(=O)c2ccccc2)[C@@]1(C)C(=O)O. The quantitative estimate of drug-likeness (QED) is 0.668. The number of carboxylic acids is 1. The number of rotatable bonds is 5. The van der Waals surface area contributed by atoms with E-state index in [9.17, 15) is 19.5 Å². The van der Waals surface area contributed by atoms with Crippen LogP contribution in [0.25, 0.3) is 0 Å². The van der Waals surface area contributed by atoms with Gasteiger partial charge in [-0.3, -0.25) is 4.79 Å². The molecule has 1 aliphatic carbocycles. The van der Waals surface area contributed by atoms with Gasteiger partial charge in [-0.05, 0) is 31.9 Å². The summed E-state index contributed by atoms with van der Waals surface area (Å²) < 4.78 is 5.28. The van der Waals surface area contributed by atoms with Gasteiger partial charge in [-0.2, -0.15) is 0 Å². The van der Waals surface area contributed by atoms with Crippen LogP contribution in [0, 0.1) is 16.7 Å². The summed E-state index contributed by atoms with van der Waals surface area (Å²) >= 11 is 0. The molecule has 0 amide bonds. The molecule has 0 aliphatic heterocycles. The third-order valence-electron chi connectivity index (χ3n) is 5.14. The highest BCUT2D eigenvalue weighted by molar-refractivity contribution is 5.89. The summed E-state index contributed by atoms with van der Waals surface area (Å²) in [5.41, 5.74) is -1.75. The molecule has 0 unspecified atom stereocenters. The van der Waals surface area contributed by atoms with Gasteiger partial charge in [0.05, 0.1) is 17.6 Å². The van der Waals surface area contributed by atoms with E-state index in [4.69, 9.17) is 4.74 Å². The fraction of sp³-hybridized carbons (Fsp3) is 0.471. The van der Waals surface area contributed by atoms with E-state index in [1.54, 1.807) is 44.2 Å². The smallest absolute Gasteiger partial charge is 0.338 e. The Morgan fingerprint density at radius 2 is 1.95 bits per heavy atom. The molecule has 1 N–H and O–H groups in total. The summed E-state index contributed by atoms with van der Waals surface area (Å²) in [6, 6.07) is 8.55. The van der Waals surface area contributed by atoms with E-state index >= 15 is 0 Å². The lowest BCUT2D eigenvalue weighted by Crippen LogP contribution is -2.46. The maximum Gasteiger partial charge on any atom is 0.338 e. The summed E-state index contributed by atoms with van der Waals surface area (Å²) in [7, 11) is 0. The standard InChI is InChI=1S/C17H20O5/c1-16(11-18)9-8-13(17(16,2)15(20)21)10-22-14(19)12-6-4-3-5-7-12/h3-7,11,13H,8-10H2,1-2H3,(H,20,21)/t13-,16+,17+/m1/s1. The molecule has 3 atom stereocenters. The lowest BCUT2D eigenvalue weighted by Gasteiger charge is -2.36. The monoisotopic (exact) mass is 304 g/mol. The zero-order chi connectivity index (χ0) is 16.4. The Labute approximate surface area is 129 Å². The van der Waals surface area contributed by atoms with Crippen LogP contribution in [0.1, 0.15) is 37.0 Å². The number of hydrogen-bond donors (Lipinski definition) is 1. The molecular weight excluding hydrogens is 284 g/mol. The third-order valence-corrected chi connectivity index (χ3v) is 5.14. The van der Waals surface area contributed by atoms with Crippen molar-refractivity contribution in [3.8, 4) is 0 Å². The van der Waals surface area contributed by atoms with Gasteiger partial charge in [0.25, 0.3) is 0 Å². The number of ether oxygens (including phenoxy) is 1. The van der Waals surface area contributed by atoms with Crippen LogP contribution in [0.3, 0.4) is 0 Å². The molecule has 5 heteroatoms. The van der Waals surface area contributed by atoms with Crippen molar-refractivity contribution in [1.29, 1.82) is 0 Å². The summed E-state index contributed by atoms with van der Waals surface area (Å²) in [5, 5.41) is 9.59. The normalized spacial score (nSPS) is 30.7. The second-order valence-corrected chi connectivity index (χ2v) is 6.24. The van der Waals surface area contributed by atoms with Crippen LogP contribution in [-0.4, -0.2) is 29.9 Å². The van der Waals surface area contributed by atoms with Gasteiger partial charge in [-0.1, -0.05) is 25.1 Å². The Morgan fingerprint density at radius 3 is 2.50 bits per heavy atom. The Kier molecular flexibility index (Phi) is 4.35. The van der Waals surface area contributed by atoms with E-state index in [1.165, 1.54) is 0 Å². The molecule has 0 spiro atoms. The van der Waals surface area contributed by atoms with Gasteiger partial charge in [0.1, 0.15) is 6.29 Å². The molecular formula is C17H20O5. The predicted molar refractivity (Wildman–Crippen MR) is 79.4 cm³/mol. The topological polar surface area (TPSA) is 80.7 Å². The Morgan fingerprint density at radius 1 is 1.32 bits per heavy atom. The van der Waals surface area contributed by atoms with Crippen LogP contribution in [-0.2, 0) is 14.3 Å². The van der Waals surface area contributed by atoms with E-state index in [0.717, 1.165) is 6.29 Å². The first kappa shape index (κ1) is 16.2. The molecule has 0 bridgehead atoms. The first-order valence-corrected chi connectivity index (χ1v) is 7.27. The highest BCUT2D eigenvalue weighted by atomic mass is 16.5. The molecule has 5 nitrogen and oxygen atoms in total. The average molecular weight is 304 g/mol. The van der Waals surface area contributed by atoms with Crippen LogP contribution >= 0.6 is 0 Å². The maximum absolute atomic E-state index is 12.0. The van der Waals surface area contributed by atoms with Crippen LogP contribution in [0.5, 0.6) is 0 Å². The number of hydrogen-bond acceptors (Lipinski definition) is 4. The van der Waals surface area contributed by atoms with Crippen LogP contribution < -0.4 is 0 Å². The molecule has 0 saturated heterocycles. The number of benzene rings is 1. The van der Waals surface area contributed by atoms with Crippen molar-refractivity contribution in [2.45, 2.75) is 26.7 Å². The second kappa shape index (κ2) is 5.91. The summed E-state index contributed by atoms with van der Waals surface area (Å²) in [4.78, 5) is 35.1. The van der Waals surface area contributed by atoms with Crippen molar-refractivity contribution >= 4 is 18.2 Å². The minimum absolute atomic E-state index is 0.0000420. The summed E-state index contributed by atoms with van der Waals surface area (Å²) in [5.74, 6) is -1.89. The molecule has 1 fully saturated rings. The molecule has 118 valence electrons. The second-order valence-electron chi connectivity index (χ2n) is 6.24. The van der Waals surface area contributed by atoms with Crippen LogP contribution in [0.2, 0.25) is 0 Å². The molecule has 1 saturated carbocycles. The third kappa shape index (κ3) is 2.51. The minimum atomic E-state index is -1.23. The number of carboxylic acid groups (broad SMARTS) is 1. The van der Waals surface area contributed by atoms with Crippen LogP contribution in [0.15, 0.2) is 30.3 Å². The molecule has 22 heavy (non-hydrogen) atoms. The maximum atomic E-state index is 12.0. The largest absolute Gasteiger partial charge is 0.481 e. The Balaban J connectivity index is 2.11. The zero-order valence-electron chi connectivity index (χ0n) is 12.7. The lowest BCUT2D eigenvalue weighted by atomic mass is 9.65. The van der Waals surface area contributed by atoms with E-state index in [1.807, 2.05) is 0 Å². The Bertz CT molecular complexity index is 582. The number of carbonyl (C=O) groups excluding carboxylic acids is 2. The number of carbonyl (C=O) groups is 3. The van der Waals surface area contributed by atoms with Gasteiger partial charge in [0.15, 0.2) is 0 Å². The summed E-state index contributed by atoms with van der Waals surface area (Å²) in [6.45, 7) is 3.23. The van der Waals surface area contributed by atoms with Crippen molar-refractivity contribution in [3.63, 3.8) is 0 Å². The molecule has 2 rings (SSSR count). The van der Waals surface area contributed by atoms with Gasteiger partial charge in [0.2, 0.25) is 0 Å².